The van der Waals surface area contributed by atoms with Crippen LogP contribution in [0.3, 0.4) is 0 Å². The van der Waals surface area contributed by atoms with Crippen molar-refractivity contribution in [1.82, 2.24) is 5.32 Å². The van der Waals surface area contributed by atoms with E-state index < -0.39 is 0 Å². The largest absolute Gasteiger partial charge is 0.496 e. The minimum atomic E-state index is 0.623. The molecule has 1 aromatic carbocycles. The van der Waals surface area contributed by atoms with E-state index in [0.29, 0.717) is 6.04 Å². The summed E-state index contributed by atoms with van der Waals surface area (Å²) in [5, 5.41) is 4.34. The van der Waals surface area contributed by atoms with Gasteiger partial charge in [0.05, 0.1) is 7.11 Å². The Hall–Kier alpha value is -0.380. The molecule has 0 bridgehead atoms. The number of hydrogen-bond donors (Lipinski definition) is 1. The topological polar surface area (TPSA) is 21.3 Å². The van der Waals surface area contributed by atoms with Gasteiger partial charge in [0.2, 0.25) is 0 Å². The smallest absolute Gasteiger partial charge is 0.123 e. The molecule has 0 saturated carbocycles. The number of hydrogen-bond acceptors (Lipinski definition) is 3. The lowest BCUT2D eigenvalue weighted by Crippen LogP contribution is -2.33. The number of benzene rings is 1. The van der Waals surface area contributed by atoms with Crippen molar-refractivity contribution in [3.8, 4) is 5.75 Å². The molecule has 1 heterocycles. The van der Waals surface area contributed by atoms with Crippen molar-refractivity contribution in [1.29, 1.82) is 0 Å². The first kappa shape index (κ1) is 13.1. The van der Waals surface area contributed by atoms with Crippen molar-refractivity contribution in [3.63, 3.8) is 0 Å². The predicted octanol–water partition coefficient (Wildman–Crippen LogP) is 3.33. The van der Waals surface area contributed by atoms with Crippen LogP contribution in [0.25, 0.3) is 0 Å². The fourth-order valence-corrected chi connectivity index (χ4v) is 3.34. The molecule has 2 nitrogen and oxygen atoms in total. The highest BCUT2D eigenvalue weighted by molar-refractivity contribution is 7.99. The first-order chi connectivity index (χ1) is 8.29. The lowest BCUT2D eigenvalue weighted by molar-refractivity contribution is 0.404. The lowest BCUT2D eigenvalue weighted by atomic mass is 10.1. The molecule has 0 aromatic heterocycles. The molecule has 1 unspecified atom stereocenters. The Bertz CT molecular complexity index is 366. The van der Waals surface area contributed by atoms with E-state index in [2.05, 4.69) is 5.32 Å². The Morgan fingerprint density at radius 2 is 2.41 bits per heavy atom. The number of thioether (sulfide) groups is 1. The van der Waals surface area contributed by atoms with Crippen molar-refractivity contribution in [2.45, 2.75) is 25.4 Å². The quantitative estimate of drug-likeness (QED) is 0.908. The Morgan fingerprint density at radius 1 is 1.53 bits per heavy atom. The summed E-state index contributed by atoms with van der Waals surface area (Å²) in [5.41, 5.74) is 1.13. The number of halogens is 1. The highest BCUT2D eigenvalue weighted by Gasteiger charge is 2.13. The van der Waals surface area contributed by atoms with E-state index in [0.717, 1.165) is 22.9 Å². The third kappa shape index (κ3) is 3.80. The predicted molar refractivity (Wildman–Crippen MR) is 75.2 cm³/mol. The summed E-state index contributed by atoms with van der Waals surface area (Å²) in [6, 6.07) is 6.39. The van der Waals surface area contributed by atoms with Gasteiger partial charge in [0.1, 0.15) is 5.75 Å². The van der Waals surface area contributed by atoms with Crippen LogP contribution in [0.4, 0.5) is 0 Å². The van der Waals surface area contributed by atoms with Crippen LogP contribution >= 0.6 is 23.4 Å². The van der Waals surface area contributed by atoms with Crippen molar-refractivity contribution >= 4 is 23.4 Å². The van der Waals surface area contributed by atoms with Crippen LogP contribution in [-0.2, 0) is 6.54 Å². The molecular formula is C13H18ClNOS. The summed E-state index contributed by atoms with van der Waals surface area (Å²) in [6.07, 6.45) is 2.59. The van der Waals surface area contributed by atoms with Gasteiger partial charge in [-0.15, -0.1) is 0 Å². The molecule has 1 aliphatic rings. The standard InChI is InChI=1S/C13H18ClNOS/c1-16-13-5-4-11(14)7-10(13)8-15-12-3-2-6-17-9-12/h4-5,7,12,15H,2-3,6,8-9H2,1H3. The van der Waals surface area contributed by atoms with Crippen LogP contribution in [-0.4, -0.2) is 24.7 Å². The number of methoxy groups -OCH3 is 1. The molecule has 4 heteroatoms. The van der Waals surface area contributed by atoms with Gasteiger partial charge >= 0.3 is 0 Å². The summed E-state index contributed by atoms with van der Waals surface area (Å²) in [7, 11) is 1.70. The molecule has 94 valence electrons. The molecule has 1 fully saturated rings. The van der Waals surface area contributed by atoms with Crippen LogP contribution in [0.15, 0.2) is 18.2 Å². The SMILES string of the molecule is COc1ccc(Cl)cc1CNC1CCCSC1. The summed E-state index contributed by atoms with van der Waals surface area (Å²) in [4.78, 5) is 0. The van der Waals surface area contributed by atoms with Crippen LogP contribution < -0.4 is 10.1 Å². The molecule has 0 amide bonds. The van der Waals surface area contributed by atoms with Gasteiger partial charge in [-0.2, -0.15) is 11.8 Å². The minimum absolute atomic E-state index is 0.623. The summed E-state index contributed by atoms with van der Waals surface area (Å²) >= 11 is 8.04. The first-order valence-corrected chi connectivity index (χ1v) is 7.46. The van der Waals surface area contributed by atoms with Crippen molar-refractivity contribution < 1.29 is 4.74 Å². The molecular weight excluding hydrogens is 254 g/mol. The van der Waals surface area contributed by atoms with Crippen molar-refractivity contribution in [2.75, 3.05) is 18.6 Å². The van der Waals surface area contributed by atoms with Crippen molar-refractivity contribution in [2.24, 2.45) is 0 Å². The highest BCUT2D eigenvalue weighted by atomic mass is 35.5. The number of rotatable bonds is 4. The van der Waals surface area contributed by atoms with Gasteiger partial charge in [0.15, 0.2) is 0 Å². The van der Waals surface area contributed by atoms with E-state index in [4.69, 9.17) is 16.3 Å². The molecule has 1 aliphatic heterocycles. The third-order valence-electron chi connectivity index (χ3n) is 2.98. The molecule has 2 rings (SSSR count). The maximum atomic E-state index is 6.01. The number of nitrogens with one attached hydrogen (secondary N) is 1. The second-order valence-corrected chi connectivity index (χ2v) is 5.84. The fourth-order valence-electron chi connectivity index (χ4n) is 2.04. The van der Waals surface area contributed by atoms with E-state index in [-0.39, 0.29) is 0 Å². The first-order valence-electron chi connectivity index (χ1n) is 5.93. The molecule has 17 heavy (non-hydrogen) atoms. The van der Waals surface area contributed by atoms with Crippen LogP contribution in [0, 0.1) is 0 Å². The van der Waals surface area contributed by atoms with Crippen molar-refractivity contribution in [3.05, 3.63) is 28.8 Å². The lowest BCUT2D eigenvalue weighted by Gasteiger charge is -2.23. The Kier molecular flexibility index (Phi) is 5.01. The maximum Gasteiger partial charge on any atom is 0.123 e. The average Bonchev–Trinajstić information content (AvgIpc) is 2.38. The van der Waals surface area contributed by atoms with Crippen LogP contribution in [0.2, 0.25) is 5.02 Å². The Morgan fingerprint density at radius 3 is 3.12 bits per heavy atom. The zero-order valence-corrected chi connectivity index (χ0v) is 11.6. The fraction of sp³-hybridized carbons (Fsp3) is 0.538. The second kappa shape index (κ2) is 6.53. The molecule has 1 N–H and O–H groups in total. The van der Waals surface area contributed by atoms with Gasteiger partial charge in [0.25, 0.3) is 0 Å². The molecule has 0 aliphatic carbocycles. The molecule has 1 saturated heterocycles. The normalized spacial score (nSPS) is 20.2. The third-order valence-corrected chi connectivity index (χ3v) is 4.43. The Balaban J connectivity index is 1.95. The summed E-state index contributed by atoms with van der Waals surface area (Å²) in [6.45, 7) is 0.828. The van der Waals surface area contributed by atoms with Gasteiger partial charge in [0, 0.05) is 28.9 Å². The monoisotopic (exact) mass is 271 g/mol. The van der Waals surface area contributed by atoms with Gasteiger partial charge < -0.3 is 10.1 Å². The summed E-state index contributed by atoms with van der Waals surface area (Å²) < 4.78 is 5.34. The molecule has 0 radical (unpaired) electrons. The highest BCUT2D eigenvalue weighted by Crippen LogP contribution is 2.23. The van der Waals surface area contributed by atoms with E-state index in [1.165, 1.54) is 24.3 Å². The molecule has 1 atom stereocenters. The maximum absolute atomic E-state index is 6.01. The van der Waals surface area contributed by atoms with Gasteiger partial charge in [-0.25, -0.2) is 0 Å². The van der Waals surface area contributed by atoms with Gasteiger partial charge in [-0.1, -0.05) is 11.6 Å². The number of ether oxygens (including phenoxy) is 1. The zero-order valence-electron chi connectivity index (χ0n) is 10.0. The van der Waals surface area contributed by atoms with Gasteiger partial charge in [-0.3, -0.25) is 0 Å². The van der Waals surface area contributed by atoms with E-state index >= 15 is 0 Å². The van der Waals surface area contributed by atoms with E-state index in [9.17, 15) is 0 Å². The van der Waals surface area contributed by atoms with Crippen LogP contribution in [0.5, 0.6) is 5.75 Å². The zero-order chi connectivity index (χ0) is 12.1. The molecule has 0 spiro atoms. The van der Waals surface area contributed by atoms with E-state index in [1.807, 2.05) is 30.0 Å². The average molecular weight is 272 g/mol. The van der Waals surface area contributed by atoms with Crippen LogP contribution in [0.1, 0.15) is 18.4 Å². The Labute approximate surface area is 112 Å². The second-order valence-electron chi connectivity index (χ2n) is 4.25. The van der Waals surface area contributed by atoms with Gasteiger partial charge in [-0.05, 0) is 36.8 Å². The summed E-state index contributed by atoms with van der Waals surface area (Å²) in [5.74, 6) is 3.42. The van der Waals surface area contributed by atoms with E-state index in [1.54, 1.807) is 7.11 Å². The minimum Gasteiger partial charge on any atom is -0.496 e. The molecule has 1 aromatic rings.